The Hall–Kier alpha value is -0.830. The van der Waals surface area contributed by atoms with E-state index < -0.39 is 0 Å². The largest absolute Gasteiger partial charge is 0.334 e. The topological polar surface area (TPSA) is 29.9 Å². The second-order valence-electron chi connectivity index (χ2n) is 5.99. The standard InChI is InChI=1S/C15H25N3/c1-2-4-13(5-3-1)7-9-18-12-17-11-15(18)14-6-8-16-10-14/h11-14,16H,1-10H2. The summed E-state index contributed by atoms with van der Waals surface area (Å²) in [6, 6.07) is 0. The number of hydrogen-bond acceptors (Lipinski definition) is 2. The molecule has 1 aliphatic carbocycles. The Kier molecular flexibility index (Phi) is 3.99. The van der Waals surface area contributed by atoms with Gasteiger partial charge in [-0.3, -0.25) is 0 Å². The monoisotopic (exact) mass is 247 g/mol. The molecule has 18 heavy (non-hydrogen) atoms. The summed E-state index contributed by atoms with van der Waals surface area (Å²) in [4.78, 5) is 4.37. The Morgan fingerprint density at radius 3 is 2.89 bits per heavy atom. The maximum Gasteiger partial charge on any atom is 0.0948 e. The van der Waals surface area contributed by atoms with Gasteiger partial charge in [-0.1, -0.05) is 32.1 Å². The number of nitrogens with one attached hydrogen (secondary N) is 1. The van der Waals surface area contributed by atoms with Crippen LogP contribution in [0.25, 0.3) is 0 Å². The van der Waals surface area contributed by atoms with Crippen LogP contribution in [0.1, 0.15) is 56.6 Å². The maximum atomic E-state index is 4.37. The van der Waals surface area contributed by atoms with E-state index in [2.05, 4.69) is 21.1 Å². The molecule has 100 valence electrons. The molecular weight excluding hydrogens is 222 g/mol. The van der Waals surface area contributed by atoms with Gasteiger partial charge in [0.1, 0.15) is 0 Å². The van der Waals surface area contributed by atoms with Crippen LogP contribution < -0.4 is 5.32 Å². The van der Waals surface area contributed by atoms with Crippen molar-refractivity contribution in [1.82, 2.24) is 14.9 Å². The van der Waals surface area contributed by atoms with E-state index in [1.54, 1.807) is 0 Å². The first-order valence-electron chi connectivity index (χ1n) is 7.64. The van der Waals surface area contributed by atoms with Crippen molar-refractivity contribution >= 4 is 0 Å². The number of hydrogen-bond donors (Lipinski definition) is 1. The van der Waals surface area contributed by atoms with Gasteiger partial charge in [-0.15, -0.1) is 0 Å². The summed E-state index contributed by atoms with van der Waals surface area (Å²) in [5.74, 6) is 1.66. The molecule has 2 fully saturated rings. The molecule has 0 spiro atoms. The quantitative estimate of drug-likeness (QED) is 0.886. The molecule has 1 N–H and O–H groups in total. The van der Waals surface area contributed by atoms with E-state index in [-0.39, 0.29) is 0 Å². The van der Waals surface area contributed by atoms with Gasteiger partial charge in [0, 0.05) is 30.9 Å². The van der Waals surface area contributed by atoms with Gasteiger partial charge in [-0.05, 0) is 25.3 Å². The highest BCUT2D eigenvalue weighted by Gasteiger charge is 2.20. The molecule has 1 saturated carbocycles. The van der Waals surface area contributed by atoms with Gasteiger partial charge in [0.05, 0.1) is 6.33 Å². The zero-order valence-corrected chi connectivity index (χ0v) is 11.3. The maximum absolute atomic E-state index is 4.37. The Bertz CT molecular complexity index is 360. The van der Waals surface area contributed by atoms with Crippen LogP contribution in [0, 0.1) is 5.92 Å². The van der Waals surface area contributed by atoms with Gasteiger partial charge in [0.2, 0.25) is 0 Å². The van der Waals surface area contributed by atoms with Gasteiger partial charge < -0.3 is 9.88 Å². The second-order valence-corrected chi connectivity index (χ2v) is 5.99. The van der Waals surface area contributed by atoms with Crippen molar-refractivity contribution in [2.24, 2.45) is 5.92 Å². The zero-order valence-electron chi connectivity index (χ0n) is 11.3. The molecule has 1 aromatic rings. The molecule has 2 heterocycles. The second kappa shape index (κ2) is 5.87. The van der Waals surface area contributed by atoms with E-state index in [0.717, 1.165) is 12.5 Å². The SMILES string of the molecule is c1ncn(CCC2CCCCC2)c1C1CCNC1. The van der Waals surface area contributed by atoms with Crippen LogP contribution in [0.3, 0.4) is 0 Å². The van der Waals surface area contributed by atoms with Crippen molar-refractivity contribution in [3.05, 3.63) is 18.2 Å². The third-order valence-corrected chi connectivity index (χ3v) is 4.73. The van der Waals surface area contributed by atoms with Gasteiger partial charge in [-0.25, -0.2) is 4.98 Å². The number of imidazole rings is 1. The van der Waals surface area contributed by atoms with Crippen molar-refractivity contribution in [2.75, 3.05) is 13.1 Å². The molecule has 0 aromatic carbocycles. The van der Waals surface area contributed by atoms with Crippen molar-refractivity contribution in [1.29, 1.82) is 0 Å². The lowest BCUT2D eigenvalue weighted by atomic mass is 9.87. The molecule has 0 radical (unpaired) electrons. The highest BCUT2D eigenvalue weighted by molar-refractivity contribution is 5.09. The normalized spacial score (nSPS) is 25.7. The third-order valence-electron chi connectivity index (χ3n) is 4.73. The first-order chi connectivity index (χ1) is 8.93. The minimum absolute atomic E-state index is 0.693. The van der Waals surface area contributed by atoms with Gasteiger partial charge in [-0.2, -0.15) is 0 Å². The summed E-state index contributed by atoms with van der Waals surface area (Å²) < 4.78 is 2.41. The summed E-state index contributed by atoms with van der Waals surface area (Å²) >= 11 is 0. The molecule has 2 aliphatic rings. The van der Waals surface area contributed by atoms with Crippen LogP contribution >= 0.6 is 0 Å². The number of rotatable bonds is 4. The molecule has 3 rings (SSSR count). The van der Waals surface area contributed by atoms with Crippen LogP contribution in [0.15, 0.2) is 12.5 Å². The zero-order chi connectivity index (χ0) is 12.2. The lowest BCUT2D eigenvalue weighted by Crippen LogP contribution is -2.14. The van der Waals surface area contributed by atoms with Gasteiger partial charge in [0.15, 0.2) is 0 Å². The van der Waals surface area contributed by atoms with Gasteiger partial charge >= 0.3 is 0 Å². The first-order valence-corrected chi connectivity index (χ1v) is 7.64. The van der Waals surface area contributed by atoms with E-state index in [0.29, 0.717) is 5.92 Å². The Morgan fingerprint density at radius 2 is 2.11 bits per heavy atom. The van der Waals surface area contributed by atoms with Crippen molar-refractivity contribution in [3.63, 3.8) is 0 Å². The molecule has 3 heteroatoms. The molecule has 3 nitrogen and oxygen atoms in total. The van der Waals surface area contributed by atoms with Crippen LogP contribution in [0.4, 0.5) is 0 Å². The Labute approximate surface area is 110 Å². The van der Waals surface area contributed by atoms with Gasteiger partial charge in [0.25, 0.3) is 0 Å². The lowest BCUT2D eigenvalue weighted by molar-refractivity contribution is 0.322. The Morgan fingerprint density at radius 1 is 1.22 bits per heavy atom. The fourth-order valence-corrected chi connectivity index (χ4v) is 3.56. The molecule has 1 atom stereocenters. The fraction of sp³-hybridized carbons (Fsp3) is 0.800. The molecular formula is C15H25N3. The minimum Gasteiger partial charge on any atom is -0.334 e. The van der Waals surface area contributed by atoms with Crippen LogP contribution in [-0.4, -0.2) is 22.6 Å². The van der Waals surface area contributed by atoms with E-state index in [1.807, 2.05) is 6.33 Å². The van der Waals surface area contributed by atoms with Crippen LogP contribution in [0.5, 0.6) is 0 Å². The highest BCUT2D eigenvalue weighted by Crippen LogP contribution is 2.28. The lowest BCUT2D eigenvalue weighted by Gasteiger charge is -2.22. The average molecular weight is 247 g/mol. The molecule has 1 aliphatic heterocycles. The van der Waals surface area contributed by atoms with E-state index in [1.165, 1.54) is 63.7 Å². The fourth-order valence-electron chi connectivity index (χ4n) is 3.56. The van der Waals surface area contributed by atoms with Crippen LogP contribution in [0.2, 0.25) is 0 Å². The summed E-state index contributed by atoms with van der Waals surface area (Å²) in [5, 5.41) is 3.45. The highest BCUT2D eigenvalue weighted by atomic mass is 15.1. The number of aryl methyl sites for hydroxylation is 1. The number of nitrogens with zero attached hydrogens (tertiary/aromatic N) is 2. The smallest absolute Gasteiger partial charge is 0.0948 e. The summed E-state index contributed by atoms with van der Waals surface area (Å²) in [5.41, 5.74) is 1.45. The average Bonchev–Trinajstić information content (AvgIpc) is 3.08. The van der Waals surface area contributed by atoms with Crippen molar-refractivity contribution in [3.8, 4) is 0 Å². The predicted octanol–water partition coefficient (Wildman–Crippen LogP) is 2.93. The predicted molar refractivity (Wildman–Crippen MR) is 73.6 cm³/mol. The first kappa shape index (κ1) is 12.2. The Balaban J connectivity index is 1.56. The van der Waals surface area contributed by atoms with Crippen molar-refractivity contribution < 1.29 is 0 Å². The summed E-state index contributed by atoms with van der Waals surface area (Å²) in [6.07, 6.45) is 14.0. The van der Waals surface area contributed by atoms with E-state index in [9.17, 15) is 0 Å². The molecule has 1 aromatic heterocycles. The molecule has 1 saturated heterocycles. The molecule has 0 amide bonds. The van der Waals surface area contributed by atoms with Crippen LogP contribution in [-0.2, 0) is 6.54 Å². The van der Waals surface area contributed by atoms with E-state index in [4.69, 9.17) is 0 Å². The molecule has 1 unspecified atom stereocenters. The van der Waals surface area contributed by atoms with Crippen molar-refractivity contribution in [2.45, 2.75) is 57.4 Å². The summed E-state index contributed by atoms with van der Waals surface area (Å²) in [7, 11) is 0. The third kappa shape index (κ3) is 2.77. The summed E-state index contributed by atoms with van der Waals surface area (Å²) in [6.45, 7) is 3.48. The van der Waals surface area contributed by atoms with E-state index >= 15 is 0 Å². The number of aromatic nitrogens is 2. The minimum atomic E-state index is 0.693. The molecule has 0 bridgehead atoms.